The fourth-order valence-corrected chi connectivity index (χ4v) is 4.07. The molecule has 27 heavy (non-hydrogen) atoms. The Hall–Kier alpha value is -3.13. The smallest absolute Gasteiger partial charge is 0.0730 e. The first-order chi connectivity index (χ1) is 13.3. The molecule has 132 valence electrons. The molecular formula is C25H22N2. The third-order valence-electron chi connectivity index (χ3n) is 5.48. The monoisotopic (exact) mass is 350 g/mol. The Balaban J connectivity index is 1.65. The van der Waals surface area contributed by atoms with E-state index in [-0.39, 0.29) is 0 Å². The highest BCUT2D eigenvalue weighted by Crippen LogP contribution is 2.36. The zero-order valence-electron chi connectivity index (χ0n) is 15.4. The van der Waals surface area contributed by atoms with E-state index in [4.69, 9.17) is 4.98 Å². The summed E-state index contributed by atoms with van der Waals surface area (Å²) in [6, 6.07) is 28.3. The van der Waals surface area contributed by atoms with E-state index in [2.05, 4.69) is 91.1 Å². The van der Waals surface area contributed by atoms with Gasteiger partial charge in [-0.15, -0.1) is 0 Å². The number of fused-ring (bicyclic) bond motifs is 2. The minimum Gasteiger partial charge on any atom is -0.382 e. The summed E-state index contributed by atoms with van der Waals surface area (Å²) in [5.74, 6) is 0. The van der Waals surface area contributed by atoms with Crippen molar-refractivity contribution in [1.29, 1.82) is 0 Å². The van der Waals surface area contributed by atoms with E-state index in [1.54, 1.807) is 0 Å². The first-order valence-electron chi connectivity index (χ1n) is 9.63. The largest absolute Gasteiger partial charge is 0.382 e. The number of benzene rings is 3. The molecule has 4 aromatic rings. The molecule has 1 aliphatic rings. The standard InChI is InChI=1S/C25H22N2/c1-17-15-16-19-9-5-12-22(25(19)26-17)24-14-6-13-23(27-24)21-11-4-8-18-7-2-3-10-20(18)21/h2-14,17,26H,15-16H2,1H3. The minimum absolute atomic E-state index is 0.500. The van der Waals surface area contributed by atoms with Crippen molar-refractivity contribution >= 4 is 16.5 Å². The Morgan fingerprint density at radius 3 is 2.41 bits per heavy atom. The van der Waals surface area contributed by atoms with Gasteiger partial charge in [-0.25, -0.2) is 4.98 Å². The molecule has 3 aromatic carbocycles. The van der Waals surface area contributed by atoms with Gasteiger partial charge in [0, 0.05) is 22.9 Å². The van der Waals surface area contributed by atoms with Crippen molar-refractivity contribution in [3.05, 3.63) is 84.4 Å². The van der Waals surface area contributed by atoms with Crippen LogP contribution in [-0.4, -0.2) is 11.0 Å². The normalized spacial score (nSPS) is 16.0. The van der Waals surface area contributed by atoms with Gasteiger partial charge in [0.25, 0.3) is 0 Å². The van der Waals surface area contributed by atoms with E-state index in [1.165, 1.54) is 39.6 Å². The zero-order chi connectivity index (χ0) is 18.2. The van der Waals surface area contributed by atoms with Crippen molar-refractivity contribution < 1.29 is 0 Å². The van der Waals surface area contributed by atoms with Crippen LogP contribution in [0.5, 0.6) is 0 Å². The maximum absolute atomic E-state index is 5.06. The van der Waals surface area contributed by atoms with Gasteiger partial charge in [-0.3, -0.25) is 0 Å². The molecule has 1 aliphatic heterocycles. The van der Waals surface area contributed by atoms with E-state index in [0.717, 1.165) is 17.8 Å². The number of rotatable bonds is 2. The molecule has 2 nitrogen and oxygen atoms in total. The summed E-state index contributed by atoms with van der Waals surface area (Å²) in [6.45, 7) is 2.25. The first kappa shape index (κ1) is 16.1. The molecule has 0 fully saturated rings. The van der Waals surface area contributed by atoms with Crippen LogP contribution in [0.2, 0.25) is 0 Å². The fourth-order valence-electron chi connectivity index (χ4n) is 4.07. The van der Waals surface area contributed by atoms with Gasteiger partial charge in [0.15, 0.2) is 0 Å². The lowest BCUT2D eigenvalue weighted by atomic mass is 9.94. The highest BCUT2D eigenvalue weighted by atomic mass is 14.9. The van der Waals surface area contributed by atoms with Crippen LogP contribution >= 0.6 is 0 Å². The SMILES string of the molecule is CC1CCc2cccc(-c3cccc(-c4cccc5ccccc45)n3)c2N1. The second-order valence-corrected chi connectivity index (χ2v) is 7.36. The summed E-state index contributed by atoms with van der Waals surface area (Å²) < 4.78 is 0. The molecule has 2 heterocycles. The van der Waals surface area contributed by atoms with Crippen LogP contribution in [0.15, 0.2) is 78.9 Å². The Labute approximate surface area is 159 Å². The van der Waals surface area contributed by atoms with Crippen LogP contribution in [0.4, 0.5) is 5.69 Å². The van der Waals surface area contributed by atoms with Crippen LogP contribution in [0.25, 0.3) is 33.3 Å². The van der Waals surface area contributed by atoms with Crippen molar-refractivity contribution in [2.45, 2.75) is 25.8 Å². The van der Waals surface area contributed by atoms with Crippen molar-refractivity contribution in [2.75, 3.05) is 5.32 Å². The Bertz CT molecular complexity index is 1120. The van der Waals surface area contributed by atoms with E-state index < -0.39 is 0 Å². The predicted octanol–water partition coefficient (Wildman–Crippen LogP) is 6.32. The van der Waals surface area contributed by atoms with E-state index in [0.29, 0.717) is 6.04 Å². The van der Waals surface area contributed by atoms with E-state index >= 15 is 0 Å². The molecule has 0 radical (unpaired) electrons. The first-order valence-corrected chi connectivity index (χ1v) is 9.63. The number of aryl methyl sites for hydroxylation is 1. The van der Waals surface area contributed by atoms with Crippen molar-refractivity contribution in [2.24, 2.45) is 0 Å². The highest BCUT2D eigenvalue weighted by Gasteiger charge is 2.18. The number of hydrogen-bond acceptors (Lipinski definition) is 2. The quantitative estimate of drug-likeness (QED) is 0.458. The maximum Gasteiger partial charge on any atom is 0.0730 e. The summed E-state index contributed by atoms with van der Waals surface area (Å²) in [7, 11) is 0. The molecule has 1 atom stereocenters. The Morgan fingerprint density at radius 2 is 1.48 bits per heavy atom. The van der Waals surface area contributed by atoms with Crippen molar-refractivity contribution in [3.8, 4) is 22.5 Å². The van der Waals surface area contributed by atoms with Crippen molar-refractivity contribution in [3.63, 3.8) is 0 Å². The maximum atomic E-state index is 5.06. The summed E-state index contributed by atoms with van der Waals surface area (Å²) in [6.07, 6.45) is 2.31. The van der Waals surface area contributed by atoms with Crippen LogP contribution in [0.1, 0.15) is 18.9 Å². The van der Waals surface area contributed by atoms with E-state index in [1.807, 2.05) is 0 Å². The number of pyridine rings is 1. The molecule has 1 aromatic heterocycles. The molecule has 0 amide bonds. The zero-order valence-corrected chi connectivity index (χ0v) is 15.4. The van der Waals surface area contributed by atoms with Gasteiger partial charge in [-0.05, 0) is 48.2 Å². The average Bonchev–Trinajstić information content (AvgIpc) is 2.73. The average molecular weight is 350 g/mol. The molecule has 0 bridgehead atoms. The molecular weight excluding hydrogens is 328 g/mol. The second kappa shape index (κ2) is 6.55. The molecule has 2 heteroatoms. The predicted molar refractivity (Wildman–Crippen MR) is 114 cm³/mol. The third-order valence-corrected chi connectivity index (χ3v) is 5.48. The minimum atomic E-state index is 0.500. The van der Waals surface area contributed by atoms with Gasteiger partial charge in [-0.1, -0.05) is 66.7 Å². The second-order valence-electron chi connectivity index (χ2n) is 7.36. The molecule has 0 aliphatic carbocycles. The summed E-state index contributed by atoms with van der Waals surface area (Å²) in [5, 5.41) is 6.16. The lowest BCUT2D eigenvalue weighted by Crippen LogP contribution is -2.22. The highest BCUT2D eigenvalue weighted by molar-refractivity contribution is 5.96. The lowest BCUT2D eigenvalue weighted by Gasteiger charge is -2.26. The number of nitrogens with zero attached hydrogens (tertiary/aromatic N) is 1. The van der Waals surface area contributed by atoms with Gasteiger partial charge >= 0.3 is 0 Å². The summed E-state index contributed by atoms with van der Waals surface area (Å²) in [4.78, 5) is 5.06. The van der Waals surface area contributed by atoms with Crippen LogP contribution in [-0.2, 0) is 6.42 Å². The third kappa shape index (κ3) is 2.87. The number of nitrogens with one attached hydrogen (secondary N) is 1. The molecule has 1 N–H and O–H groups in total. The summed E-state index contributed by atoms with van der Waals surface area (Å²) in [5.41, 5.74) is 7.06. The van der Waals surface area contributed by atoms with Gasteiger partial charge in [0.1, 0.15) is 0 Å². The lowest BCUT2D eigenvalue weighted by molar-refractivity contribution is 0.681. The van der Waals surface area contributed by atoms with Gasteiger partial charge in [-0.2, -0.15) is 0 Å². The Morgan fingerprint density at radius 1 is 0.778 bits per heavy atom. The van der Waals surface area contributed by atoms with Gasteiger partial charge < -0.3 is 5.32 Å². The topological polar surface area (TPSA) is 24.9 Å². The molecule has 0 saturated carbocycles. The Kier molecular flexibility index (Phi) is 3.90. The van der Waals surface area contributed by atoms with Crippen LogP contribution in [0.3, 0.4) is 0 Å². The number of anilines is 1. The number of aromatic nitrogens is 1. The van der Waals surface area contributed by atoms with Gasteiger partial charge in [0.2, 0.25) is 0 Å². The molecule has 1 unspecified atom stereocenters. The van der Waals surface area contributed by atoms with E-state index in [9.17, 15) is 0 Å². The fraction of sp³-hybridized carbons (Fsp3) is 0.160. The number of hydrogen-bond donors (Lipinski definition) is 1. The van der Waals surface area contributed by atoms with Crippen LogP contribution < -0.4 is 5.32 Å². The van der Waals surface area contributed by atoms with Crippen molar-refractivity contribution in [1.82, 2.24) is 4.98 Å². The molecule has 0 spiro atoms. The molecule has 0 saturated heterocycles. The molecule has 5 rings (SSSR count). The van der Waals surface area contributed by atoms with Crippen LogP contribution in [0, 0.1) is 0 Å². The number of para-hydroxylation sites is 1. The summed E-state index contributed by atoms with van der Waals surface area (Å²) >= 11 is 0. The van der Waals surface area contributed by atoms with Gasteiger partial charge in [0.05, 0.1) is 11.4 Å².